The minimum Gasteiger partial charge on any atom is -0.493 e. The van der Waals surface area contributed by atoms with Gasteiger partial charge >= 0.3 is 0 Å². The Morgan fingerprint density at radius 2 is 1.74 bits per heavy atom. The highest BCUT2D eigenvalue weighted by Crippen LogP contribution is 2.29. The van der Waals surface area contributed by atoms with Crippen LogP contribution in [0.1, 0.15) is 21.5 Å². The summed E-state index contributed by atoms with van der Waals surface area (Å²) in [5.41, 5.74) is 2.18. The molecule has 5 nitrogen and oxygen atoms in total. The quantitative estimate of drug-likeness (QED) is 0.814. The average Bonchev–Trinajstić information content (AvgIpc) is 2.58. The summed E-state index contributed by atoms with van der Waals surface area (Å²) in [4.78, 5) is 26.1. The number of methoxy groups -OCH3 is 2. The van der Waals surface area contributed by atoms with Gasteiger partial charge in [0.15, 0.2) is 11.5 Å². The van der Waals surface area contributed by atoms with Crippen LogP contribution in [0.3, 0.4) is 0 Å². The lowest BCUT2D eigenvalue weighted by molar-refractivity contribution is -0.128. The van der Waals surface area contributed by atoms with E-state index < -0.39 is 0 Å². The van der Waals surface area contributed by atoms with Gasteiger partial charge in [-0.15, -0.1) is 0 Å². The Labute approximate surface area is 134 Å². The summed E-state index contributed by atoms with van der Waals surface area (Å²) in [5, 5.41) is 0. The zero-order valence-electron chi connectivity index (χ0n) is 13.0. The zero-order valence-corrected chi connectivity index (χ0v) is 13.0. The number of carbonyl (C=O) groups excluding carboxylic acids is 2. The van der Waals surface area contributed by atoms with Crippen molar-refractivity contribution in [2.75, 3.05) is 14.2 Å². The first-order valence-corrected chi connectivity index (χ1v) is 7.27. The fraction of sp³-hybridized carbons (Fsp3) is 0.222. The molecule has 0 unspecified atom stereocenters. The Hall–Kier alpha value is -2.82. The maximum Gasteiger partial charge on any atom is 0.261 e. The van der Waals surface area contributed by atoms with Gasteiger partial charge in [0.25, 0.3) is 5.91 Å². The molecule has 3 rings (SSSR count). The van der Waals surface area contributed by atoms with Crippen LogP contribution in [0.2, 0.25) is 0 Å². The van der Waals surface area contributed by atoms with Crippen molar-refractivity contribution in [2.24, 2.45) is 0 Å². The minimum absolute atomic E-state index is 0.191. The van der Waals surface area contributed by atoms with E-state index in [1.54, 1.807) is 38.5 Å². The van der Waals surface area contributed by atoms with Gasteiger partial charge in [0, 0.05) is 5.56 Å². The molecule has 0 saturated carbocycles. The van der Waals surface area contributed by atoms with E-state index in [9.17, 15) is 9.59 Å². The van der Waals surface area contributed by atoms with Gasteiger partial charge in [0.05, 0.1) is 27.2 Å². The Morgan fingerprint density at radius 3 is 2.48 bits per heavy atom. The number of nitrogens with zero attached hydrogens (tertiary/aromatic N) is 1. The number of ether oxygens (including phenoxy) is 2. The van der Waals surface area contributed by atoms with Crippen molar-refractivity contribution in [1.82, 2.24) is 4.90 Å². The predicted octanol–water partition coefficient (Wildman–Crippen LogP) is 2.43. The lowest BCUT2D eigenvalue weighted by Crippen LogP contribution is -2.41. The molecule has 23 heavy (non-hydrogen) atoms. The first-order chi connectivity index (χ1) is 11.1. The van der Waals surface area contributed by atoms with E-state index in [1.807, 2.05) is 18.2 Å². The number of fused-ring (bicyclic) bond motifs is 1. The van der Waals surface area contributed by atoms with Crippen molar-refractivity contribution in [3.05, 3.63) is 59.2 Å². The molecule has 0 aromatic heterocycles. The summed E-state index contributed by atoms with van der Waals surface area (Å²) in [6, 6.07) is 12.6. The molecule has 0 spiro atoms. The third kappa shape index (κ3) is 2.77. The van der Waals surface area contributed by atoms with Gasteiger partial charge in [-0.2, -0.15) is 0 Å². The molecule has 2 aromatic carbocycles. The molecular formula is C18H17NO4. The van der Waals surface area contributed by atoms with E-state index >= 15 is 0 Å². The number of hydrogen-bond donors (Lipinski definition) is 0. The van der Waals surface area contributed by atoms with Crippen LogP contribution in [0.15, 0.2) is 42.5 Å². The summed E-state index contributed by atoms with van der Waals surface area (Å²) >= 11 is 0. The second kappa shape index (κ2) is 6.12. The Bertz CT molecular complexity index is 769. The number of rotatable bonds is 4. The molecule has 2 aromatic rings. The second-order valence-electron chi connectivity index (χ2n) is 5.31. The van der Waals surface area contributed by atoms with Crippen LogP contribution in [0, 0.1) is 0 Å². The number of benzene rings is 2. The summed E-state index contributed by atoms with van der Waals surface area (Å²) in [7, 11) is 3.11. The third-order valence-electron chi connectivity index (χ3n) is 3.92. The van der Waals surface area contributed by atoms with Crippen molar-refractivity contribution < 1.29 is 19.1 Å². The molecule has 1 heterocycles. The zero-order chi connectivity index (χ0) is 16.4. The van der Waals surface area contributed by atoms with Crippen molar-refractivity contribution in [1.29, 1.82) is 0 Å². The van der Waals surface area contributed by atoms with E-state index in [2.05, 4.69) is 0 Å². The highest BCUT2D eigenvalue weighted by Gasteiger charge is 2.30. The second-order valence-corrected chi connectivity index (χ2v) is 5.31. The topological polar surface area (TPSA) is 55.8 Å². The van der Waals surface area contributed by atoms with Crippen LogP contribution in [-0.4, -0.2) is 30.9 Å². The Balaban J connectivity index is 1.88. The van der Waals surface area contributed by atoms with E-state index in [-0.39, 0.29) is 24.8 Å². The summed E-state index contributed by atoms with van der Waals surface area (Å²) in [6.45, 7) is 0.215. The van der Waals surface area contributed by atoms with Crippen molar-refractivity contribution in [3.63, 3.8) is 0 Å². The molecule has 0 fully saturated rings. The monoisotopic (exact) mass is 311 g/mol. The Kier molecular flexibility index (Phi) is 4.02. The van der Waals surface area contributed by atoms with Crippen LogP contribution in [-0.2, 0) is 17.8 Å². The van der Waals surface area contributed by atoms with E-state index in [4.69, 9.17) is 9.47 Å². The summed E-state index contributed by atoms with van der Waals surface area (Å²) in [5.74, 6) is 0.732. The number of amides is 2. The molecule has 5 heteroatoms. The van der Waals surface area contributed by atoms with Gasteiger partial charge in [-0.05, 0) is 29.3 Å². The first kappa shape index (κ1) is 15.1. The summed E-state index contributed by atoms with van der Waals surface area (Å²) < 4.78 is 10.5. The van der Waals surface area contributed by atoms with Crippen LogP contribution < -0.4 is 9.47 Å². The standard InChI is InChI=1S/C18H17NO4/c1-22-15-8-7-12(9-16(15)23-2)11-19-17(20)10-13-5-3-4-6-14(13)18(19)21/h3-9H,10-11H2,1-2H3. The fourth-order valence-corrected chi connectivity index (χ4v) is 2.72. The van der Waals surface area contributed by atoms with Gasteiger partial charge in [0.1, 0.15) is 0 Å². The summed E-state index contributed by atoms with van der Waals surface area (Å²) in [6.07, 6.45) is 0.245. The molecule has 1 aliphatic heterocycles. The van der Waals surface area contributed by atoms with Crippen LogP contribution in [0.25, 0.3) is 0 Å². The van der Waals surface area contributed by atoms with E-state index in [1.165, 1.54) is 4.90 Å². The molecule has 0 radical (unpaired) electrons. The highest BCUT2D eigenvalue weighted by molar-refractivity contribution is 6.09. The predicted molar refractivity (Wildman–Crippen MR) is 84.6 cm³/mol. The molecular weight excluding hydrogens is 294 g/mol. The molecule has 0 bridgehead atoms. The van der Waals surface area contributed by atoms with Crippen molar-refractivity contribution in [2.45, 2.75) is 13.0 Å². The van der Waals surface area contributed by atoms with Gasteiger partial charge < -0.3 is 9.47 Å². The molecule has 1 aliphatic rings. The van der Waals surface area contributed by atoms with E-state index in [0.717, 1.165) is 11.1 Å². The molecule has 0 N–H and O–H groups in total. The Morgan fingerprint density at radius 1 is 1.00 bits per heavy atom. The minimum atomic E-state index is -0.258. The molecule has 0 saturated heterocycles. The normalized spacial score (nSPS) is 13.7. The highest BCUT2D eigenvalue weighted by atomic mass is 16.5. The average molecular weight is 311 g/mol. The van der Waals surface area contributed by atoms with Crippen LogP contribution in [0.4, 0.5) is 0 Å². The first-order valence-electron chi connectivity index (χ1n) is 7.27. The fourth-order valence-electron chi connectivity index (χ4n) is 2.72. The molecule has 0 aliphatic carbocycles. The number of hydrogen-bond acceptors (Lipinski definition) is 4. The third-order valence-corrected chi connectivity index (χ3v) is 3.92. The molecule has 2 amide bonds. The number of carbonyl (C=O) groups is 2. The molecule has 118 valence electrons. The van der Waals surface area contributed by atoms with Crippen LogP contribution in [0.5, 0.6) is 11.5 Å². The van der Waals surface area contributed by atoms with Crippen molar-refractivity contribution in [3.8, 4) is 11.5 Å². The SMILES string of the molecule is COc1ccc(CN2C(=O)Cc3ccccc3C2=O)cc1OC. The van der Waals surface area contributed by atoms with Crippen molar-refractivity contribution >= 4 is 11.8 Å². The smallest absolute Gasteiger partial charge is 0.261 e. The maximum atomic E-state index is 12.6. The maximum absolute atomic E-state index is 12.6. The molecule has 0 atom stereocenters. The van der Waals surface area contributed by atoms with Crippen LogP contribution >= 0.6 is 0 Å². The lowest BCUT2D eigenvalue weighted by Gasteiger charge is -2.27. The van der Waals surface area contributed by atoms with E-state index in [0.29, 0.717) is 17.1 Å². The van der Waals surface area contributed by atoms with Gasteiger partial charge in [-0.1, -0.05) is 24.3 Å². The largest absolute Gasteiger partial charge is 0.493 e. The van der Waals surface area contributed by atoms with Gasteiger partial charge in [-0.25, -0.2) is 0 Å². The lowest BCUT2D eigenvalue weighted by atomic mass is 9.98. The van der Waals surface area contributed by atoms with Gasteiger partial charge in [-0.3, -0.25) is 14.5 Å². The van der Waals surface area contributed by atoms with Gasteiger partial charge in [0.2, 0.25) is 5.91 Å². The number of imide groups is 1.